The van der Waals surface area contributed by atoms with Gasteiger partial charge in [-0.05, 0) is 28.9 Å². The molecule has 2 heterocycles. The molecule has 0 saturated carbocycles. The Bertz CT molecular complexity index is 801. The summed E-state index contributed by atoms with van der Waals surface area (Å²) in [4.78, 5) is 11.2. The van der Waals surface area contributed by atoms with Crippen molar-refractivity contribution in [3.63, 3.8) is 0 Å². The van der Waals surface area contributed by atoms with E-state index < -0.39 is 0 Å². The quantitative estimate of drug-likeness (QED) is 0.691. The molecule has 1 aromatic carbocycles. The number of halogens is 1. The number of fused-ring (bicyclic) bond motifs is 1. The molecule has 2 aromatic heterocycles. The summed E-state index contributed by atoms with van der Waals surface area (Å²) in [6.45, 7) is 2.64. The van der Waals surface area contributed by atoms with Crippen LogP contribution in [0.15, 0.2) is 34.9 Å². The van der Waals surface area contributed by atoms with Crippen molar-refractivity contribution in [3.05, 3.63) is 51.9 Å². The summed E-state index contributed by atoms with van der Waals surface area (Å²) in [6, 6.07) is 7.93. The van der Waals surface area contributed by atoms with Crippen LogP contribution >= 0.6 is 15.9 Å². The molecule has 0 bridgehead atoms. The summed E-state index contributed by atoms with van der Waals surface area (Å²) >= 11 is 3.58. The van der Waals surface area contributed by atoms with Crippen molar-refractivity contribution in [1.82, 2.24) is 14.3 Å². The maximum Gasteiger partial charge on any atom is 0.152 e. The molecule has 0 aliphatic carbocycles. The lowest BCUT2D eigenvalue weighted by Gasteiger charge is -2.06. The van der Waals surface area contributed by atoms with E-state index in [9.17, 15) is 4.79 Å². The Morgan fingerprint density at radius 1 is 1.35 bits per heavy atom. The van der Waals surface area contributed by atoms with E-state index in [0.29, 0.717) is 6.54 Å². The Balaban J connectivity index is 2.13. The van der Waals surface area contributed by atoms with Gasteiger partial charge in [0.2, 0.25) is 0 Å². The van der Waals surface area contributed by atoms with Crippen molar-refractivity contribution in [3.8, 4) is 0 Å². The van der Waals surface area contributed by atoms with Crippen molar-refractivity contribution in [2.45, 2.75) is 13.5 Å². The third-order valence-corrected chi connectivity index (χ3v) is 4.56. The molecule has 0 fully saturated rings. The first-order chi connectivity index (χ1) is 9.61. The number of hydrogen-bond acceptors (Lipinski definition) is 2. The van der Waals surface area contributed by atoms with Crippen LogP contribution in [0.25, 0.3) is 10.9 Å². The number of rotatable bonds is 3. The fraction of sp³-hybridized carbons (Fsp3) is 0.200. The second kappa shape index (κ2) is 4.90. The number of benzene rings is 1. The predicted octanol–water partition coefficient (Wildman–Crippen LogP) is 3.31. The number of aldehydes is 1. The van der Waals surface area contributed by atoms with E-state index in [1.807, 2.05) is 49.1 Å². The predicted molar refractivity (Wildman–Crippen MR) is 82.1 cm³/mol. The summed E-state index contributed by atoms with van der Waals surface area (Å²) < 4.78 is 4.97. The summed E-state index contributed by atoms with van der Waals surface area (Å²) in [5.74, 6) is 0. The van der Waals surface area contributed by atoms with E-state index >= 15 is 0 Å². The largest absolute Gasteiger partial charge is 0.341 e. The van der Waals surface area contributed by atoms with Crippen molar-refractivity contribution in [2.75, 3.05) is 0 Å². The zero-order chi connectivity index (χ0) is 14.3. The van der Waals surface area contributed by atoms with Crippen molar-refractivity contribution >= 4 is 33.1 Å². The summed E-state index contributed by atoms with van der Waals surface area (Å²) in [6.07, 6.45) is 2.80. The molecule has 4 nitrogen and oxygen atoms in total. The fourth-order valence-corrected chi connectivity index (χ4v) is 2.97. The zero-order valence-electron chi connectivity index (χ0n) is 11.3. The number of nitrogens with zero attached hydrogens (tertiary/aromatic N) is 3. The normalized spacial score (nSPS) is 11.2. The molecule has 5 heteroatoms. The molecule has 20 heavy (non-hydrogen) atoms. The van der Waals surface area contributed by atoms with Crippen LogP contribution < -0.4 is 0 Å². The third-order valence-electron chi connectivity index (χ3n) is 3.53. The molecule has 102 valence electrons. The van der Waals surface area contributed by atoms with Gasteiger partial charge in [-0.2, -0.15) is 5.10 Å². The van der Waals surface area contributed by atoms with E-state index in [1.54, 1.807) is 0 Å². The highest BCUT2D eigenvalue weighted by Crippen LogP contribution is 2.25. The highest BCUT2D eigenvalue weighted by molar-refractivity contribution is 9.10. The first-order valence-corrected chi connectivity index (χ1v) is 7.12. The van der Waals surface area contributed by atoms with Crippen LogP contribution in [-0.2, 0) is 13.6 Å². The molecular weight excluding hydrogens is 318 g/mol. The lowest BCUT2D eigenvalue weighted by molar-refractivity contribution is 0.112. The number of carbonyl (C=O) groups excluding carboxylic acids is 1. The van der Waals surface area contributed by atoms with E-state index in [2.05, 4.69) is 25.6 Å². The highest BCUT2D eigenvalue weighted by atomic mass is 79.9. The van der Waals surface area contributed by atoms with Crippen molar-refractivity contribution in [2.24, 2.45) is 7.05 Å². The van der Waals surface area contributed by atoms with Crippen LogP contribution in [0.5, 0.6) is 0 Å². The molecule has 0 atom stereocenters. The molecule has 3 aromatic rings. The Labute approximate surface area is 125 Å². The van der Waals surface area contributed by atoms with Crippen molar-refractivity contribution in [1.29, 1.82) is 0 Å². The van der Waals surface area contributed by atoms with Gasteiger partial charge in [-0.1, -0.05) is 18.2 Å². The van der Waals surface area contributed by atoms with Crippen LogP contribution in [0.4, 0.5) is 0 Å². The standard InChI is InChI=1S/C15H14BrN3O/c1-10-15(16)14(18(2)17-10)8-19-7-11(9-20)12-5-3-4-6-13(12)19/h3-7,9H,8H2,1-2H3. The number of aryl methyl sites for hydroxylation is 2. The molecule has 0 aliphatic rings. The van der Waals surface area contributed by atoms with E-state index in [0.717, 1.165) is 38.6 Å². The van der Waals surface area contributed by atoms with Gasteiger partial charge in [-0.15, -0.1) is 0 Å². The molecule has 0 aliphatic heterocycles. The molecule has 0 unspecified atom stereocenters. The minimum absolute atomic E-state index is 0.673. The van der Waals surface area contributed by atoms with E-state index in [-0.39, 0.29) is 0 Å². The molecule has 0 spiro atoms. The molecule has 3 rings (SSSR count). The first kappa shape index (κ1) is 13.1. The second-order valence-corrected chi connectivity index (χ2v) is 5.61. The summed E-state index contributed by atoms with van der Waals surface area (Å²) in [7, 11) is 1.93. The average Bonchev–Trinajstić information content (AvgIpc) is 2.92. The molecule has 0 radical (unpaired) electrons. The van der Waals surface area contributed by atoms with Gasteiger partial charge >= 0.3 is 0 Å². The van der Waals surface area contributed by atoms with Gasteiger partial charge < -0.3 is 4.57 Å². The Morgan fingerprint density at radius 2 is 2.10 bits per heavy atom. The van der Waals surface area contributed by atoms with Crippen LogP contribution in [0.3, 0.4) is 0 Å². The topological polar surface area (TPSA) is 39.8 Å². The lowest BCUT2D eigenvalue weighted by atomic mass is 10.2. The van der Waals surface area contributed by atoms with Gasteiger partial charge in [0, 0.05) is 29.7 Å². The number of para-hydroxylation sites is 1. The maximum atomic E-state index is 11.2. The molecule has 0 N–H and O–H groups in total. The third kappa shape index (κ3) is 1.98. The number of hydrogen-bond donors (Lipinski definition) is 0. The van der Waals surface area contributed by atoms with Crippen LogP contribution in [-0.4, -0.2) is 20.6 Å². The summed E-state index contributed by atoms with van der Waals surface area (Å²) in [5.41, 5.74) is 3.83. The smallest absolute Gasteiger partial charge is 0.152 e. The van der Waals surface area contributed by atoms with E-state index in [1.165, 1.54) is 0 Å². The first-order valence-electron chi connectivity index (χ1n) is 6.33. The lowest BCUT2D eigenvalue weighted by Crippen LogP contribution is -2.05. The van der Waals surface area contributed by atoms with Crippen molar-refractivity contribution < 1.29 is 4.79 Å². The molecule has 0 amide bonds. The number of aromatic nitrogens is 3. The zero-order valence-corrected chi connectivity index (χ0v) is 12.9. The Morgan fingerprint density at radius 3 is 2.75 bits per heavy atom. The van der Waals surface area contributed by atoms with Gasteiger partial charge in [-0.25, -0.2) is 0 Å². The van der Waals surface area contributed by atoms with E-state index in [4.69, 9.17) is 0 Å². The molecule has 0 saturated heterocycles. The SMILES string of the molecule is Cc1nn(C)c(Cn2cc(C=O)c3ccccc32)c1Br. The van der Waals surface area contributed by atoms with Gasteiger partial charge in [-0.3, -0.25) is 9.48 Å². The van der Waals surface area contributed by atoms with Crippen LogP contribution in [0, 0.1) is 6.92 Å². The maximum absolute atomic E-state index is 11.2. The van der Waals surface area contributed by atoms with Crippen LogP contribution in [0.2, 0.25) is 0 Å². The second-order valence-electron chi connectivity index (χ2n) is 4.82. The number of carbonyl (C=O) groups is 1. The Hall–Kier alpha value is -1.88. The fourth-order valence-electron chi connectivity index (χ4n) is 2.51. The van der Waals surface area contributed by atoms with Gasteiger partial charge in [0.1, 0.15) is 0 Å². The van der Waals surface area contributed by atoms with Gasteiger partial charge in [0.15, 0.2) is 6.29 Å². The molecular formula is C15H14BrN3O. The van der Waals surface area contributed by atoms with Crippen LogP contribution in [0.1, 0.15) is 21.7 Å². The average molecular weight is 332 g/mol. The highest BCUT2D eigenvalue weighted by Gasteiger charge is 2.13. The van der Waals surface area contributed by atoms with Gasteiger partial charge in [0.05, 0.1) is 22.4 Å². The minimum Gasteiger partial charge on any atom is -0.341 e. The monoisotopic (exact) mass is 331 g/mol. The minimum atomic E-state index is 0.673. The van der Waals surface area contributed by atoms with Gasteiger partial charge in [0.25, 0.3) is 0 Å². The summed E-state index contributed by atoms with van der Waals surface area (Å²) in [5, 5.41) is 5.38. The Kier molecular flexibility index (Phi) is 3.22.